The molecule has 0 heterocycles. The van der Waals surface area contributed by atoms with E-state index in [1.165, 1.54) is 6.07 Å². The number of hydrogen-bond acceptors (Lipinski definition) is 4. The summed E-state index contributed by atoms with van der Waals surface area (Å²) in [6.45, 7) is 7.49. The Labute approximate surface area is 157 Å². The Hall–Kier alpha value is -2.60. The average Bonchev–Trinajstić information content (AvgIpc) is 2.52. The van der Waals surface area contributed by atoms with Crippen molar-refractivity contribution >= 4 is 28.9 Å². The molecule has 0 aromatic heterocycles. The minimum absolute atomic E-state index is 0.0183. The predicted molar refractivity (Wildman–Crippen MR) is 104 cm³/mol. The molecular weight excluding hydrogens is 354 g/mol. The van der Waals surface area contributed by atoms with Crippen LogP contribution >= 0.6 is 11.6 Å². The van der Waals surface area contributed by atoms with E-state index in [1.807, 2.05) is 6.07 Å². The monoisotopic (exact) mass is 375 g/mol. The molecule has 1 amide bonds. The smallest absolute Gasteiger partial charge is 0.269 e. The van der Waals surface area contributed by atoms with Gasteiger partial charge in [0, 0.05) is 30.9 Å². The molecule has 2 rings (SSSR count). The van der Waals surface area contributed by atoms with Gasteiger partial charge >= 0.3 is 0 Å². The molecule has 6 nitrogen and oxygen atoms in total. The third-order valence-corrected chi connectivity index (χ3v) is 4.06. The number of benzene rings is 2. The fourth-order valence-electron chi connectivity index (χ4n) is 2.70. The van der Waals surface area contributed by atoms with Crippen LogP contribution in [0.25, 0.3) is 0 Å². The van der Waals surface area contributed by atoms with Crippen molar-refractivity contribution in [1.82, 2.24) is 0 Å². The molecule has 0 aliphatic heterocycles. The number of primary amides is 1. The van der Waals surface area contributed by atoms with Crippen LogP contribution in [0.15, 0.2) is 42.5 Å². The number of nitrogens with two attached hydrogens (primary N) is 1. The van der Waals surface area contributed by atoms with Crippen molar-refractivity contribution in [2.24, 2.45) is 11.1 Å². The highest BCUT2D eigenvalue weighted by atomic mass is 35.5. The van der Waals surface area contributed by atoms with Crippen LogP contribution in [0.5, 0.6) is 0 Å². The molecule has 0 radical (unpaired) electrons. The Morgan fingerprint density at radius 2 is 1.92 bits per heavy atom. The largest absolute Gasteiger partial charge is 0.367 e. The summed E-state index contributed by atoms with van der Waals surface area (Å²) in [5, 5.41) is 11.3. The summed E-state index contributed by atoms with van der Waals surface area (Å²) < 4.78 is 0. The van der Waals surface area contributed by atoms with E-state index in [-0.39, 0.29) is 21.7 Å². The van der Waals surface area contributed by atoms with Crippen LogP contribution in [0.1, 0.15) is 36.7 Å². The van der Waals surface area contributed by atoms with E-state index in [2.05, 4.69) is 25.7 Å². The molecule has 0 saturated carbocycles. The van der Waals surface area contributed by atoms with Gasteiger partial charge in [0.1, 0.15) is 0 Å². The molecule has 7 heteroatoms. The van der Waals surface area contributed by atoms with Crippen molar-refractivity contribution in [3.05, 3.63) is 68.7 Å². The summed E-state index contributed by atoms with van der Waals surface area (Å²) in [6, 6.07) is 11.6. The first kappa shape index (κ1) is 19.7. The van der Waals surface area contributed by atoms with Gasteiger partial charge in [0.05, 0.1) is 15.5 Å². The molecule has 0 unspecified atom stereocenters. The van der Waals surface area contributed by atoms with E-state index < -0.39 is 10.8 Å². The van der Waals surface area contributed by atoms with Gasteiger partial charge in [-0.05, 0) is 29.2 Å². The van der Waals surface area contributed by atoms with Crippen LogP contribution in [0.2, 0.25) is 5.02 Å². The Kier molecular flexibility index (Phi) is 5.87. The van der Waals surface area contributed by atoms with E-state index in [9.17, 15) is 14.9 Å². The van der Waals surface area contributed by atoms with Crippen molar-refractivity contribution < 1.29 is 9.72 Å². The van der Waals surface area contributed by atoms with Crippen molar-refractivity contribution in [3.63, 3.8) is 0 Å². The van der Waals surface area contributed by atoms with Gasteiger partial charge in [-0.3, -0.25) is 14.9 Å². The number of rotatable bonds is 6. The average molecular weight is 376 g/mol. The van der Waals surface area contributed by atoms with Crippen molar-refractivity contribution in [2.75, 3.05) is 11.4 Å². The highest BCUT2D eigenvalue weighted by Gasteiger charge is 2.19. The quantitative estimate of drug-likeness (QED) is 0.598. The normalized spacial score (nSPS) is 11.2. The Morgan fingerprint density at radius 1 is 1.23 bits per heavy atom. The molecule has 2 aromatic rings. The van der Waals surface area contributed by atoms with Crippen LogP contribution in [-0.2, 0) is 6.54 Å². The summed E-state index contributed by atoms with van der Waals surface area (Å²) >= 11 is 6.19. The highest BCUT2D eigenvalue weighted by molar-refractivity contribution is 6.34. The summed E-state index contributed by atoms with van der Waals surface area (Å²) in [4.78, 5) is 24.1. The Balaban J connectivity index is 2.38. The number of carbonyl (C=O) groups is 1. The number of carbonyl (C=O) groups excluding carboxylic acids is 1. The maximum Gasteiger partial charge on any atom is 0.269 e. The lowest BCUT2D eigenvalue weighted by molar-refractivity contribution is -0.384. The second kappa shape index (κ2) is 7.74. The third kappa shape index (κ3) is 5.20. The van der Waals surface area contributed by atoms with Gasteiger partial charge < -0.3 is 10.6 Å². The number of non-ortho nitro benzene ring substituents is 1. The maximum absolute atomic E-state index is 11.4. The number of hydrogen-bond donors (Lipinski definition) is 1. The van der Waals surface area contributed by atoms with Crippen LogP contribution in [0.3, 0.4) is 0 Å². The molecule has 2 N–H and O–H groups in total. The predicted octanol–water partition coefficient (Wildman–Crippen LogP) is 4.40. The standard InChI is InChI=1S/C19H22ClN3O3/c1-19(2,3)12-22(11-13-5-4-6-15(9-13)23(25)26)14-7-8-16(18(21)24)17(20)10-14/h4-10H,11-12H2,1-3H3,(H2,21,24). The zero-order valence-corrected chi connectivity index (χ0v) is 15.8. The molecule has 0 saturated heterocycles. The van der Waals surface area contributed by atoms with E-state index in [1.54, 1.807) is 30.3 Å². The Bertz CT molecular complexity index is 831. The summed E-state index contributed by atoms with van der Waals surface area (Å²) in [5.41, 5.74) is 7.25. The SMILES string of the molecule is CC(C)(C)CN(Cc1cccc([N+](=O)[O-])c1)c1ccc(C(N)=O)c(Cl)c1. The summed E-state index contributed by atoms with van der Waals surface area (Å²) in [7, 11) is 0. The molecule has 138 valence electrons. The zero-order valence-electron chi connectivity index (χ0n) is 15.0. The topological polar surface area (TPSA) is 89.5 Å². The molecule has 0 aliphatic carbocycles. The number of halogens is 1. The molecule has 0 spiro atoms. The third-order valence-electron chi connectivity index (χ3n) is 3.74. The fraction of sp³-hybridized carbons (Fsp3) is 0.316. The Morgan fingerprint density at radius 3 is 2.46 bits per heavy atom. The van der Waals surface area contributed by atoms with Gasteiger partial charge in [-0.25, -0.2) is 0 Å². The summed E-state index contributed by atoms with van der Waals surface area (Å²) in [6.07, 6.45) is 0. The van der Waals surface area contributed by atoms with Gasteiger partial charge in [0.25, 0.3) is 5.69 Å². The van der Waals surface area contributed by atoms with Crippen LogP contribution in [0.4, 0.5) is 11.4 Å². The molecule has 0 bridgehead atoms. The fourth-order valence-corrected chi connectivity index (χ4v) is 2.97. The lowest BCUT2D eigenvalue weighted by Crippen LogP contribution is -2.32. The first-order valence-corrected chi connectivity index (χ1v) is 8.52. The number of anilines is 1. The van der Waals surface area contributed by atoms with Crippen molar-refractivity contribution in [1.29, 1.82) is 0 Å². The van der Waals surface area contributed by atoms with Crippen LogP contribution in [-0.4, -0.2) is 17.4 Å². The molecule has 0 aliphatic rings. The van der Waals surface area contributed by atoms with Crippen LogP contribution in [0, 0.1) is 15.5 Å². The van der Waals surface area contributed by atoms with Gasteiger partial charge in [0.2, 0.25) is 5.91 Å². The maximum atomic E-state index is 11.4. The number of nitro groups is 1. The van der Waals surface area contributed by atoms with Gasteiger partial charge in [-0.1, -0.05) is 44.5 Å². The molecular formula is C19H22ClN3O3. The molecule has 0 fully saturated rings. The van der Waals surface area contributed by atoms with Gasteiger partial charge in [-0.15, -0.1) is 0 Å². The summed E-state index contributed by atoms with van der Waals surface area (Å²) in [5.74, 6) is -0.581. The van der Waals surface area contributed by atoms with Gasteiger partial charge in [-0.2, -0.15) is 0 Å². The van der Waals surface area contributed by atoms with Crippen LogP contribution < -0.4 is 10.6 Å². The minimum Gasteiger partial charge on any atom is -0.367 e. The van der Waals surface area contributed by atoms with E-state index in [4.69, 9.17) is 17.3 Å². The van der Waals surface area contributed by atoms with E-state index in [0.29, 0.717) is 13.1 Å². The highest BCUT2D eigenvalue weighted by Crippen LogP contribution is 2.28. The second-order valence-electron chi connectivity index (χ2n) is 7.37. The number of nitro benzene ring substituents is 1. The van der Waals surface area contributed by atoms with E-state index >= 15 is 0 Å². The second-order valence-corrected chi connectivity index (χ2v) is 7.78. The number of amides is 1. The first-order chi connectivity index (χ1) is 12.1. The van der Waals surface area contributed by atoms with E-state index in [0.717, 1.165) is 11.3 Å². The lowest BCUT2D eigenvalue weighted by Gasteiger charge is -2.32. The lowest BCUT2D eigenvalue weighted by atomic mass is 9.95. The van der Waals surface area contributed by atoms with Gasteiger partial charge in [0.15, 0.2) is 0 Å². The number of nitrogens with zero attached hydrogens (tertiary/aromatic N) is 2. The zero-order chi connectivity index (χ0) is 19.5. The molecule has 26 heavy (non-hydrogen) atoms. The van der Waals surface area contributed by atoms with Crippen molar-refractivity contribution in [2.45, 2.75) is 27.3 Å². The molecule has 2 aromatic carbocycles. The first-order valence-electron chi connectivity index (χ1n) is 8.14. The molecule has 0 atom stereocenters. The van der Waals surface area contributed by atoms with Crippen molar-refractivity contribution in [3.8, 4) is 0 Å². The minimum atomic E-state index is -0.581.